The second-order valence-corrected chi connectivity index (χ2v) is 7.34. The third-order valence-electron chi connectivity index (χ3n) is 4.19. The highest BCUT2D eigenvalue weighted by Crippen LogP contribution is 2.28. The molecule has 0 radical (unpaired) electrons. The maximum absolute atomic E-state index is 12.6. The van der Waals surface area contributed by atoms with Gasteiger partial charge in [0.2, 0.25) is 0 Å². The molecule has 0 aromatic heterocycles. The largest absolute Gasteiger partial charge is 0.508 e. The molecule has 8 heteroatoms. The summed E-state index contributed by atoms with van der Waals surface area (Å²) >= 11 is 1.05. The van der Waals surface area contributed by atoms with Gasteiger partial charge in [-0.15, -0.1) is 0 Å². The lowest BCUT2D eigenvalue weighted by Crippen LogP contribution is -2.31. The van der Waals surface area contributed by atoms with Crippen molar-refractivity contribution in [3.63, 3.8) is 0 Å². The zero-order valence-electron chi connectivity index (χ0n) is 14.6. The van der Waals surface area contributed by atoms with Crippen LogP contribution in [0.2, 0.25) is 0 Å². The van der Waals surface area contributed by atoms with Gasteiger partial charge in [-0.05, 0) is 41.8 Å². The second kappa shape index (κ2) is 8.32. The van der Waals surface area contributed by atoms with Gasteiger partial charge in [0, 0.05) is 6.54 Å². The van der Waals surface area contributed by atoms with Crippen molar-refractivity contribution in [3.05, 3.63) is 59.2 Å². The molecule has 1 aliphatic heterocycles. The van der Waals surface area contributed by atoms with Crippen LogP contribution in [-0.4, -0.2) is 39.9 Å². The molecule has 142 valence electrons. The Balaban J connectivity index is 1.72. The minimum absolute atomic E-state index is 0.136. The van der Waals surface area contributed by atoms with Crippen molar-refractivity contribution in [1.29, 1.82) is 0 Å². The predicted octanol–water partition coefficient (Wildman–Crippen LogP) is 2.02. The number of aliphatic hydroxyl groups excluding tert-OH is 1. The monoisotopic (exact) mass is 388 g/mol. The predicted molar refractivity (Wildman–Crippen MR) is 102 cm³/mol. The number of ether oxygens (including phenoxy) is 1. The number of carbonyl (C=O) groups is 2. The number of amides is 2. The lowest BCUT2D eigenvalue weighted by Gasteiger charge is -2.15. The van der Waals surface area contributed by atoms with Gasteiger partial charge < -0.3 is 25.6 Å². The number of phenols is 1. The van der Waals surface area contributed by atoms with E-state index in [-0.39, 0.29) is 28.7 Å². The Morgan fingerprint density at radius 2 is 2.07 bits per heavy atom. The van der Waals surface area contributed by atoms with Crippen LogP contribution in [0.15, 0.2) is 42.5 Å². The molecule has 2 unspecified atom stereocenters. The first-order chi connectivity index (χ1) is 13.0. The normalized spacial score (nSPS) is 18.8. The number of phenolic OH excluding ortho intramolecular Hbond substituents is 1. The Hall–Kier alpha value is -2.71. The van der Waals surface area contributed by atoms with Gasteiger partial charge in [0.1, 0.15) is 17.7 Å². The number of thioether (sulfide) groups is 1. The van der Waals surface area contributed by atoms with Crippen molar-refractivity contribution in [1.82, 2.24) is 10.6 Å². The van der Waals surface area contributed by atoms with Crippen LogP contribution < -0.4 is 15.4 Å². The van der Waals surface area contributed by atoms with Crippen LogP contribution in [0.1, 0.15) is 21.5 Å². The number of carbonyl (C=O) groups excluding carboxylic acids is 2. The molecule has 2 atom stereocenters. The van der Waals surface area contributed by atoms with Crippen LogP contribution in [0.3, 0.4) is 0 Å². The van der Waals surface area contributed by atoms with Crippen molar-refractivity contribution >= 4 is 22.9 Å². The molecule has 2 aromatic rings. The van der Waals surface area contributed by atoms with Gasteiger partial charge in [-0.1, -0.05) is 30.0 Å². The van der Waals surface area contributed by atoms with Crippen LogP contribution in [0.25, 0.3) is 0 Å². The van der Waals surface area contributed by atoms with E-state index in [4.69, 9.17) is 4.74 Å². The first kappa shape index (κ1) is 19.1. The quantitative estimate of drug-likeness (QED) is 0.603. The zero-order valence-corrected chi connectivity index (χ0v) is 15.5. The molecule has 0 bridgehead atoms. The first-order valence-electron chi connectivity index (χ1n) is 8.34. The maximum atomic E-state index is 12.6. The third-order valence-corrected chi connectivity index (χ3v) is 5.24. The molecule has 1 aliphatic rings. The number of methoxy groups -OCH3 is 1. The van der Waals surface area contributed by atoms with E-state index in [0.717, 1.165) is 22.9 Å². The minimum Gasteiger partial charge on any atom is -0.508 e. The summed E-state index contributed by atoms with van der Waals surface area (Å²) < 4.78 is 5.28. The minimum atomic E-state index is -0.910. The van der Waals surface area contributed by atoms with E-state index in [1.165, 1.54) is 7.11 Å². The van der Waals surface area contributed by atoms with Crippen molar-refractivity contribution in [3.8, 4) is 11.5 Å². The molecule has 27 heavy (non-hydrogen) atoms. The molecular formula is C19H20N2O5S. The van der Waals surface area contributed by atoms with E-state index in [9.17, 15) is 19.8 Å². The molecule has 1 fully saturated rings. The van der Waals surface area contributed by atoms with Gasteiger partial charge in [-0.25, -0.2) is 0 Å². The summed E-state index contributed by atoms with van der Waals surface area (Å²) in [5.74, 6) is 0.254. The summed E-state index contributed by atoms with van der Waals surface area (Å²) in [7, 11) is 1.49. The summed E-state index contributed by atoms with van der Waals surface area (Å²) in [4.78, 5) is 24.0. The van der Waals surface area contributed by atoms with Gasteiger partial charge in [-0.2, -0.15) is 0 Å². The number of rotatable bonds is 6. The molecule has 4 N–H and O–H groups in total. The average Bonchev–Trinajstić information content (AvgIpc) is 2.96. The molecule has 0 saturated carbocycles. The van der Waals surface area contributed by atoms with Crippen molar-refractivity contribution in [2.75, 3.05) is 7.11 Å². The van der Waals surface area contributed by atoms with Crippen LogP contribution in [0.5, 0.6) is 11.5 Å². The molecular weight excluding hydrogens is 368 g/mol. The molecule has 0 aliphatic carbocycles. The Kier molecular flexibility index (Phi) is 5.88. The number of nitrogens with one attached hydrogen (secondary N) is 2. The van der Waals surface area contributed by atoms with Gasteiger partial charge in [0.25, 0.3) is 11.1 Å². The van der Waals surface area contributed by atoms with Crippen molar-refractivity contribution in [2.45, 2.75) is 24.4 Å². The fraction of sp³-hybridized carbons (Fsp3) is 0.263. The van der Waals surface area contributed by atoms with E-state index in [1.807, 2.05) is 0 Å². The third kappa shape index (κ3) is 4.72. The molecule has 1 heterocycles. The summed E-state index contributed by atoms with van der Waals surface area (Å²) in [6, 6.07) is 11.9. The summed E-state index contributed by atoms with van der Waals surface area (Å²) in [6.45, 7) is 0.260. The Labute approximate surface area is 160 Å². The van der Waals surface area contributed by atoms with E-state index in [1.54, 1.807) is 42.5 Å². The standard InChI is InChI=1S/C19H20N2O5S/c1-26-15-6-5-11(9-16-18(24)21-19(25)27-16)8-14(15)17(23)20-10-12-3-2-4-13(22)7-12/h2-8,16,18,22,24H,9-10H2,1H3,(H,20,23)(H,21,25). The van der Waals surface area contributed by atoms with E-state index in [0.29, 0.717) is 17.7 Å². The molecule has 2 aromatic carbocycles. The van der Waals surface area contributed by atoms with Crippen LogP contribution in [0, 0.1) is 0 Å². The SMILES string of the molecule is COc1ccc(CC2SC(=O)NC2O)cc1C(=O)NCc1cccc(O)c1. The first-order valence-corrected chi connectivity index (χ1v) is 9.22. The lowest BCUT2D eigenvalue weighted by molar-refractivity contribution is 0.0947. The summed E-state index contributed by atoms with van der Waals surface area (Å²) in [5, 5.41) is 24.0. The summed E-state index contributed by atoms with van der Waals surface area (Å²) in [6.07, 6.45) is -0.478. The number of benzene rings is 2. The van der Waals surface area contributed by atoms with Crippen LogP contribution in [0.4, 0.5) is 4.79 Å². The number of aromatic hydroxyl groups is 1. The van der Waals surface area contributed by atoms with E-state index >= 15 is 0 Å². The van der Waals surface area contributed by atoms with Crippen molar-refractivity contribution in [2.24, 2.45) is 0 Å². The number of aliphatic hydroxyl groups is 1. The Morgan fingerprint density at radius 1 is 1.26 bits per heavy atom. The van der Waals surface area contributed by atoms with Gasteiger partial charge in [0.05, 0.1) is 17.9 Å². The van der Waals surface area contributed by atoms with E-state index in [2.05, 4.69) is 10.6 Å². The topological polar surface area (TPSA) is 108 Å². The van der Waals surface area contributed by atoms with Crippen molar-refractivity contribution < 1.29 is 24.5 Å². The second-order valence-electron chi connectivity index (χ2n) is 6.12. The van der Waals surface area contributed by atoms with E-state index < -0.39 is 6.23 Å². The fourth-order valence-electron chi connectivity index (χ4n) is 2.84. The Morgan fingerprint density at radius 3 is 2.74 bits per heavy atom. The summed E-state index contributed by atoms with van der Waals surface area (Å²) in [5.41, 5.74) is 1.95. The highest BCUT2D eigenvalue weighted by molar-refractivity contribution is 8.14. The highest BCUT2D eigenvalue weighted by atomic mass is 32.2. The zero-order chi connectivity index (χ0) is 19.4. The average molecular weight is 388 g/mol. The molecule has 7 nitrogen and oxygen atoms in total. The smallest absolute Gasteiger partial charge is 0.281 e. The highest BCUT2D eigenvalue weighted by Gasteiger charge is 2.31. The Bertz CT molecular complexity index is 858. The van der Waals surface area contributed by atoms with Gasteiger partial charge >= 0.3 is 0 Å². The number of hydrogen-bond donors (Lipinski definition) is 4. The van der Waals surface area contributed by atoms with Crippen LogP contribution in [-0.2, 0) is 13.0 Å². The fourth-order valence-corrected chi connectivity index (χ4v) is 3.78. The lowest BCUT2D eigenvalue weighted by atomic mass is 10.0. The maximum Gasteiger partial charge on any atom is 0.281 e. The number of hydrogen-bond acceptors (Lipinski definition) is 6. The van der Waals surface area contributed by atoms with Crippen LogP contribution >= 0.6 is 11.8 Å². The molecule has 3 rings (SSSR count). The molecule has 2 amide bonds. The molecule has 0 spiro atoms. The van der Waals surface area contributed by atoms with Gasteiger partial charge in [-0.3, -0.25) is 9.59 Å². The van der Waals surface area contributed by atoms with Gasteiger partial charge in [0.15, 0.2) is 0 Å². The molecule has 1 saturated heterocycles.